The third-order valence-electron chi connectivity index (χ3n) is 7.44. The van der Waals surface area contributed by atoms with Crippen molar-refractivity contribution in [3.05, 3.63) is 53.3 Å². The molecule has 0 radical (unpaired) electrons. The number of hydrogen-bond donors (Lipinski definition) is 1. The molecule has 2 saturated heterocycles. The Bertz CT molecular complexity index is 1010. The van der Waals surface area contributed by atoms with Gasteiger partial charge >= 0.3 is 0 Å². The quantitative estimate of drug-likeness (QED) is 0.626. The number of hydrogen-bond acceptors (Lipinski definition) is 5. The molecule has 4 rings (SSSR count). The monoisotopic (exact) mass is 482 g/mol. The van der Waals surface area contributed by atoms with Crippen LogP contribution in [0.5, 0.6) is 5.75 Å². The molecular weight excluding hydrogens is 444 g/mol. The van der Waals surface area contributed by atoms with Crippen LogP contribution >= 0.6 is 0 Å². The summed E-state index contributed by atoms with van der Waals surface area (Å²) in [4.78, 5) is 30.3. The maximum atomic E-state index is 13.3. The van der Waals surface area contributed by atoms with Crippen LogP contribution in [0.4, 0.5) is 0 Å². The molecule has 0 saturated carbocycles. The number of methoxy groups -OCH3 is 1. The minimum absolute atomic E-state index is 0.0307. The van der Waals surface area contributed by atoms with E-state index in [9.17, 15) is 9.59 Å². The Morgan fingerprint density at radius 2 is 1.83 bits per heavy atom. The average Bonchev–Trinajstić information content (AvgIpc) is 3.42. The van der Waals surface area contributed by atoms with Gasteiger partial charge in [0.15, 0.2) is 0 Å². The first kappa shape index (κ1) is 25.3. The number of ether oxygens (including phenoxy) is 2. The highest BCUT2D eigenvalue weighted by molar-refractivity contribution is 5.95. The van der Waals surface area contributed by atoms with E-state index in [1.54, 1.807) is 14.2 Å². The van der Waals surface area contributed by atoms with E-state index in [2.05, 4.69) is 14.8 Å². The van der Waals surface area contributed by atoms with Crippen molar-refractivity contribution in [3.8, 4) is 5.75 Å². The van der Waals surface area contributed by atoms with Gasteiger partial charge in [-0.05, 0) is 44.9 Å². The summed E-state index contributed by atoms with van der Waals surface area (Å²) in [6.45, 7) is 7.49. The Morgan fingerprint density at radius 3 is 2.49 bits per heavy atom. The molecule has 2 aromatic rings. The third kappa shape index (κ3) is 5.54. The second kappa shape index (κ2) is 11.3. The van der Waals surface area contributed by atoms with Gasteiger partial charge in [-0.1, -0.05) is 18.2 Å². The summed E-state index contributed by atoms with van der Waals surface area (Å²) < 4.78 is 13.6. The van der Waals surface area contributed by atoms with Crippen LogP contribution in [0, 0.1) is 13.8 Å². The maximum absolute atomic E-state index is 13.3. The van der Waals surface area contributed by atoms with Crippen LogP contribution in [0.1, 0.15) is 41.0 Å². The maximum Gasteiger partial charge on any atom is 0.255 e. The number of likely N-dealkylation sites (tertiary alicyclic amines) is 2. The Balaban J connectivity index is 1.39. The van der Waals surface area contributed by atoms with Gasteiger partial charge in [-0.2, -0.15) is 0 Å². The Hall–Kier alpha value is -2.84. The molecule has 1 N–H and O–H groups in total. The fraction of sp³-hybridized carbons (Fsp3) is 0.556. The van der Waals surface area contributed by atoms with Gasteiger partial charge < -0.3 is 24.3 Å². The summed E-state index contributed by atoms with van der Waals surface area (Å²) in [6, 6.07) is 11.8. The van der Waals surface area contributed by atoms with Crippen LogP contribution in [0.2, 0.25) is 0 Å². The Labute approximate surface area is 208 Å². The van der Waals surface area contributed by atoms with Gasteiger partial charge in [0.2, 0.25) is 5.91 Å². The van der Waals surface area contributed by atoms with Crippen LogP contribution in [-0.2, 0) is 16.1 Å². The van der Waals surface area contributed by atoms with E-state index in [0.717, 1.165) is 42.1 Å². The lowest BCUT2D eigenvalue weighted by Gasteiger charge is -2.38. The van der Waals surface area contributed by atoms with Gasteiger partial charge in [-0.3, -0.25) is 14.5 Å². The predicted octanol–water partition coefficient (Wildman–Crippen LogP) is 2.62. The molecule has 0 unspecified atom stereocenters. The van der Waals surface area contributed by atoms with E-state index >= 15 is 0 Å². The highest BCUT2D eigenvalue weighted by atomic mass is 16.5. The molecule has 2 atom stereocenters. The van der Waals surface area contributed by atoms with Crippen LogP contribution < -0.4 is 10.1 Å². The van der Waals surface area contributed by atoms with Crippen molar-refractivity contribution in [2.24, 2.45) is 0 Å². The van der Waals surface area contributed by atoms with Crippen LogP contribution in [0.3, 0.4) is 0 Å². The number of carbonyl (C=O) groups is 2. The molecule has 8 heteroatoms. The molecule has 8 nitrogen and oxygen atoms in total. The lowest BCUT2D eigenvalue weighted by molar-refractivity contribution is -0.126. The van der Waals surface area contributed by atoms with Gasteiger partial charge in [0.25, 0.3) is 5.91 Å². The molecule has 0 aliphatic carbocycles. The number of amides is 2. The zero-order valence-corrected chi connectivity index (χ0v) is 21.3. The van der Waals surface area contributed by atoms with Crippen LogP contribution in [0.25, 0.3) is 0 Å². The molecule has 0 bridgehead atoms. The summed E-state index contributed by atoms with van der Waals surface area (Å²) in [6.07, 6.45) is 2.33. The first-order valence-corrected chi connectivity index (χ1v) is 12.6. The first-order valence-electron chi connectivity index (χ1n) is 12.6. The van der Waals surface area contributed by atoms with Gasteiger partial charge in [-0.15, -0.1) is 0 Å². The topological polar surface area (TPSA) is 76.0 Å². The fourth-order valence-electron chi connectivity index (χ4n) is 5.54. The van der Waals surface area contributed by atoms with E-state index in [1.807, 2.05) is 55.1 Å². The Morgan fingerprint density at radius 1 is 1.11 bits per heavy atom. The number of piperidine rings is 1. The number of carbonyl (C=O) groups excluding carboxylic acids is 2. The summed E-state index contributed by atoms with van der Waals surface area (Å²) in [5.74, 6) is 0.958. The molecule has 2 amide bonds. The lowest BCUT2D eigenvalue weighted by Crippen LogP contribution is -2.51. The van der Waals surface area contributed by atoms with Crippen molar-refractivity contribution in [2.45, 2.75) is 57.8 Å². The molecule has 2 aliphatic rings. The van der Waals surface area contributed by atoms with Crippen LogP contribution in [-0.4, -0.2) is 84.8 Å². The van der Waals surface area contributed by atoms with Gasteiger partial charge in [0.1, 0.15) is 11.9 Å². The Kier molecular flexibility index (Phi) is 8.13. The largest absolute Gasteiger partial charge is 0.489 e. The number of nitrogens with one attached hydrogen (secondary N) is 1. The molecule has 2 fully saturated rings. The molecular formula is C27H38N4O4. The highest BCUT2D eigenvalue weighted by Crippen LogP contribution is 2.30. The van der Waals surface area contributed by atoms with Crippen molar-refractivity contribution in [3.63, 3.8) is 0 Å². The summed E-state index contributed by atoms with van der Waals surface area (Å²) in [5.41, 5.74) is 2.84. The third-order valence-corrected chi connectivity index (χ3v) is 7.44. The van der Waals surface area contributed by atoms with Gasteiger partial charge in [0.05, 0.1) is 18.2 Å². The summed E-state index contributed by atoms with van der Waals surface area (Å²) in [5, 5.41) is 2.83. The van der Waals surface area contributed by atoms with E-state index in [-0.39, 0.29) is 30.0 Å². The molecule has 0 spiro atoms. The molecule has 1 aromatic heterocycles. The molecule has 2 aliphatic heterocycles. The van der Waals surface area contributed by atoms with Crippen LogP contribution in [0.15, 0.2) is 36.4 Å². The average molecular weight is 483 g/mol. The number of aromatic nitrogens is 1. The molecule has 190 valence electrons. The summed E-state index contributed by atoms with van der Waals surface area (Å²) >= 11 is 0. The number of nitrogens with zero attached hydrogens (tertiary/aromatic N) is 3. The molecule has 3 heterocycles. The standard InChI is InChI=1S/C27H38N4O4/c1-19-16-24(20(2)30(19)14-15-34-4)27(33)29-12-10-21(11-13-29)31-18-23(17-25(31)26(32)28-3)35-22-8-6-5-7-9-22/h5-9,16,21,23,25H,10-15,17-18H2,1-4H3,(H,28,32)/t23-,25-/m0/s1. The highest BCUT2D eigenvalue weighted by Gasteiger charge is 2.42. The lowest BCUT2D eigenvalue weighted by atomic mass is 10.0. The van der Waals surface area contributed by atoms with Crippen molar-refractivity contribution < 1.29 is 19.1 Å². The van der Waals surface area contributed by atoms with E-state index in [1.165, 1.54) is 0 Å². The number of aryl methyl sites for hydroxylation is 1. The van der Waals surface area contributed by atoms with E-state index < -0.39 is 0 Å². The van der Waals surface area contributed by atoms with Crippen molar-refractivity contribution >= 4 is 11.8 Å². The second-order valence-electron chi connectivity index (χ2n) is 9.57. The SMILES string of the molecule is CNC(=O)[C@@H]1C[C@H](Oc2ccccc2)CN1C1CCN(C(=O)c2cc(C)n(CCOC)c2C)CC1. The number of rotatable bonds is 8. The number of para-hydroxylation sites is 1. The summed E-state index contributed by atoms with van der Waals surface area (Å²) in [7, 11) is 3.38. The smallest absolute Gasteiger partial charge is 0.255 e. The zero-order chi connectivity index (χ0) is 24.9. The molecule has 1 aromatic carbocycles. The van der Waals surface area contributed by atoms with Crippen molar-refractivity contribution in [1.29, 1.82) is 0 Å². The first-order chi connectivity index (χ1) is 16.9. The predicted molar refractivity (Wildman–Crippen MR) is 135 cm³/mol. The number of benzene rings is 1. The van der Waals surface area contributed by atoms with Gasteiger partial charge in [-0.25, -0.2) is 0 Å². The fourth-order valence-corrected chi connectivity index (χ4v) is 5.54. The van der Waals surface area contributed by atoms with Crippen molar-refractivity contribution in [2.75, 3.05) is 40.4 Å². The van der Waals surface area contributed by atoms with E-state index in [4.69, 9.17) is 9.47 Å². The number of likely N-dealkylation sites (N-methyl/N-ethyl adjacent to an activating group) is 1. The van der Waals surface area contributed by atoms with Crippen molar-refractivity contribution in [1.82, 2.24) is 19.7 Å². The van der Waals surface area contributed by atoms with Gasteiger partial charge in [0, 0.05) is 64.2 Å². The minimum atomic E-state index is -0.208. The molecule has 35 heavy (non-hydrogen) atoms. The van der Waals surface area contributed by atoms with E-state index in [0.29, 0.717) is 32.7 Å². The normalized spacial score (nSPS) is 21.3. The second-order valence-corrected chi connectivity index (χ2v) is 9.57. The zero-order valence-electron chi connectivity index (χ0n) is 21.3. The minimum Gasteiger partial charge on any atom is -0.489 e.